The van der Waals surface area contributed by atoms with E-state index in [2.05, 4.69) is 19.4 Å². The molecule has 1 N–H and O–H groups in total. The topological polar surface area (TPSA) is 80.2 Å². The molecule has 0 bridgehead atoms. The maximum atomic E-state index is 12.4. The van der Waals surface area contributed by atoms with Crippen molar-refractivity contribution in [1.82, 2.24) is 0 Å². The van der Waals surface area contributed by atoms with Gasteiger partial charge in [0.2, 0.25) is 0 Å². The van der Waals surface area contributed by atoms with E-state index in [1.807, 2.05) is 12.1 Å². The Morgan fingerprint density at radius 1 is 0.865 bits per heavy atom. The molecule has 0 radical (unpaired) electrons. The zero-order valence-corrected chi connectivity index (χ0v) is 25.7. The molecule has 0 aromatic heterocycles. The molecule has 0 heterocycles. The Bertz CT molecular complexity index is 661. The van der Waals surface area contributed by atoms with Crippen LogP contribution in [0.3, 0.4) is 0 Å². The van der Waals surface area contributed by atoms with Crippen molar-refractivity contribution in [2.45, 2.75) is 109 Å². The summed E-state index contributed by atoms with van der Waals surface area (Å²) in [6, 6.07) is 7.25. The van der Waals surface area contributed by atoms with Crippen LogP contribution in [0.2, 0.25) is 0 Å². The molecule has 37 heavy (non-hydrogen) atoms. The Morgan fingerprint density at radius 3 is 1.97 bits per heavy atom. The molecule has 0 spiro atoms. The Kier molecular flexibility index (Phi) is 21.0. The van der Waals surface area contributed by atoms with Crippen molar-refractivity contribution in [1.29, 1.82) is 0 Å². The lowest BCUT2D eigenvalue weighted by atomic mass is 10.0. The minimum atomic E-state index is -4.24. The summed E-state index contributed by atoms with van der Waals surface area (Å²) in [5, 5.41) is 0. The molecule has 2 atom stereocenters. The molecule has 8 heteroatoms. The second-order valence-corrected chi connectivity index (χ2v) is 13.8. The SMILES string of the molecule is CCCCCCCCCCCCCCCCOC[C@H](CO[P+]([O-])(O)Oc1cccc(C[S+](C)C)c1)OC. The van der Waals surface area contributed by atoms with E-state index in [1.54, 1.807) is 19.2 Å². The van der Waals surface area contributed by atoms with Gasteiger partial charge in [0.25, 0.3) is 0 Å². The Morgan fingerprint density at radius 2 is 1.43 bits per heavy atom. The van der Waals surface area contributed by atoms with Gasteiger partial charge in [-0.2, -0.15) is 9.42 Å². The molecular weight excluding hydrogens is 507 g/mol. The largest absolute Gasteiger partial charge is 0.598 e. The fraction of sp³-hybridized carbons (Fsp3) is 0.793. The van der Waals surface area contributed by atoms with E-state index in [1.165, 1.54) is 83.5 Å². The number of rotatable bonds is 25. The van der Waals surface area contributed by atoms with E-state index in [-0.39, 0.29) is 17.5 Å². The predicted molar refractivity (Wildman–Crippen MR) is 157 cm³/mol. The van der Waals surface area contributed by atoms with E-state index in [9.17, 15) is 9.79 Å². The average molecular weight is 562 g/mol. The fourth-order valence-corrected chi connectivity index (χ4v) is 5.79. The molecule has 0 aliphatic heterocycles. The molecule has 0 saturated carbocycles. The monoisotopic (exact) mass is 561 g/mol. The molecule has 0 fully saturated rings. The molecule has 1 rings (SSSR count). The van der Waals surface area contributed by atoms with E-state index >= 15 is 0 Å². The highest BCUT2D eigenvalue weighted by Gasteiger charge is 2.31. The van der Waals surface area contributed by atoms with Crippen LogP contribution >= 0.6 is 8.17 Å². The van der Waals surface area contributed by atoms with Gasteiger partial charge in [-0.25, -0.2) is 0 Å². The van der Waals surface area contributed by atoms with Crippen LogP contribution in [0, 0.1) is 0 Å². The molecule has 216 valence electrons. The van der Waals surface area contributed by atoms with Gasteiger partial charge < -0.3 is 14.4 Å². The van der Waals surface area contributed by atoms with Gasteiger partial charge in [0.05, 0.1) is 19.1 Å². The summed E-state index contributed by atoms with van der Waals surface area (Å²) in [4.78, 5) is 22.5. The highest BCUT2D eigenvalue weighted by Crippen LogP contribution is 2.48. The van der Waals surface area contributed by atoms with Gasteiger partial charge in [-0.05, 0) is 29.4 Å². The summed E-state index contributed by atoms with van der Waals surface area (Å²) < 4.78 is 21.5. The Labute approximate surface area is 230 Å². The van der Waals surface area contributed by atoms with Gasteiger partial charge >= 0.3 is 8.17 Å². The molecule has 6 nitrogen and oxygen atoms in total. The number of phosphoric ester groups is 1. The highest BCUT2D eigenvalue weighted by atomic mass is 32.2. The minimum absolute atomic E-state index is 0.0733. The average Bonchev–Trinajstić information content (AvgIpc) is 2.85. The summed E-state index contributed by atoms with van der Waals surface area (Å²) in [6.45, 7) is 3.18. The first-order valence-corrected chi connectivity index (χ1v) is 18.0. The van der Waals surface area contributed by atoms with Gasteiger partial charge in [-0.3, -0.25) is 4.52 Å². The smallest absolute Gasteiger partial charge is 0.426 e. The van der Waals surface area contributed by atoms with Crippen molar-refractivity contribution < 1.29 is 28.3 Å². The van der Waals surface area contributed by atoms with Crippen LogP contribution in [0.15, 0.2) is 24.3 Å². The standard InChI is InChI=1S/C29H53O6PS/c1-5-6-7-8-9-10-11-12-13-14-15-16-17-18-22-33-24-29(32-2)25-34-36(30,31)35-28-21-19-20-27(23-28)26-37(3)4/h19-21,23,29H,5-18,22,24-26H2,1-4H3/p+1/t29-/m1/s1. The van der Waals surface area contributed by atoms with Crippen LogP contribution in [0.4, 0.5) is 0 Å². The van der Waals surface area contributed by atoms with E-state index in [0.29, 0.717) is 19.0 Å². The van der Waals surface area contributed by atoms with E-state index in [0.717, 1.165) is 17.7 Å². The first-order chi connectivity index (χ1) is 17.9. The maximum absolute atomic E-state index is 12.4. The lowest BCUT2D eigenvalue weighted by Crippen LogP contribution is -2.28. The second kappa shape index (κ2) is 22.4. The lowest BCUT2D eigenvalue weighted by molar-refractivity contribution is -0.236. The Hall–Kier alpha value is -0.400. The van der Waals surface area contributed by atoms with Crippen LogP contribution < -0.4 is 9.42 Å². The quantitative estimate of drug-likeness (QED) is 0.0786. The van der Waals surface area contributed by atoms with Gasteiger partial charge in [-0.1, -0.05) is 103 Å². The maximum Gasteiger partial charge on any atom is 0.426 e. The third kappa shape index (κ3) is 20.2. The number of benzene rings is 1. The van der Waals surface area contributed by atoms with Crippen molar-refractivity contribution in [2.24, 2.45) is 0 Å². The van der Waals surface area contributed by atoms with Crippen LogP contribution in [-0.2, 0) is 30.6 Å². The first-order valence-electron chi connectivity index (χ1n) is 14.3. The van der Waals surface area contributed by atoms with Gasteiger partial charge in [-0.15, -0.1) is 0 Å². The van der Waals surface area contributed by atoms with Crippen molar-refractivity contribution in [2.75, 3.05) is 39.4 Å². The molecule has 0 aliphatic rings. The minimum Gasteiger partial charge on any atom is -0.598 e. The van der Waals surface area contributed by atoms with Crippen molar-refractivity contribution in [3.63, 3.8) is 0 Å². The summed E-state index contributed by atoms with van der Waals surface area (Å²) in [7, 11) is -2.47. The van der Waals surface area contributed by atoms with Crippen LogP contribution in [-0.4, -0.2) is 50.4 Å². The fourth-order valence-electron chi connectivity index (χ4n) is 4.16. The zero-order valence-electron chi connectivity index (χ0n) is 24.0. The van der Waals surface area contributed by atoms with Gasteiger partial charge in [0.1, 0.15) is 18.5 Å². The summed E-state index contributed by atoms with van der Waals surface area (Å²) in [6.07, 6.45) is 22.5. The zero-order chi connectivity index (χ0) is 27.2. The summed E-state index contributed by atoms with van der Waals surface area (Å²) in [5.41, 5.74) is 1.07. The van der Waals surface area contributed by atoms with Gasteiger partial charge in [0.15, 0.2) is 5.75 Å². The van der Waals surface area contributed by atoms with Crippen molar-refractivity contribution in [3.8, 4) is 5.75 Å². The predicted octanol–water partition coefficient (Wildman–Crippen LogP) is 7.00. The van der Waals surface area contributed by atoms with Crippen molar-refractivity contribution in [3.05, 3.63) is 29.8 Å². The third-order valence-corrected chi connectivity index (χ3v) is 8.11. The third-order valence-electron chi connectivity index (χ3n) is 6.28. The molecule has 1 aromatic rings. The van der Waals surface area contributed by atoms with E-state index < -0.39 is 14.3 Å². The molecule has 0 aliphatic carbocycles. The number of hydrogen-bond donors (Lipinski definition) is 1. The molecular formula is C29H54O6PS+. The number of hydrogen-bond acceptors (Lipinski definition) is 6. The van der Waals surface area contributed by atoms with Crippen LogP contribution in [0.25, 0.3) is 0 Å². The number of methoxy groups -OCH3 is 1. The lowest BCUT2D eigenvalue weighted by Gasteiger charge is -2.22. The van der Waals surface area contributed by atoms with Crippen LogP contribution in [0.5, 0.6) is 5.75 Å². The number of phosphoric acid groups is 1. The molecule has 0 amide bonds. The summed E-state index contributed by atoms with van der Waals surface area (Å²) in [5.74, 6) is 1.23. The number of ether oxygens (including phenoxy) is 2. The number of unbranched alkanes of at least 4 members (excludes halogenated alkanes) is 13. The normalized spacial score (nSPS) is 14.1. The highest BCUT2D eigenvalue weighted by molar-refractivity contribution is 7.94. The molecule has 0 saturated heterocycles. The van der Waals surface area contributed by atoms with Gasteiger partial charge in [0, 0.05) is 19.3 Å². The Balaban J connectivity index is 2.05. The summed E-state index contributed by atoms with van der Waals surface area (Å²) >= 11 is 0. The molecule has 1 aromatic carbocycles. The second-order valence-electron chi connectivity index (χ2n) is 10.2. The molecule has 1 unspecified atom stereocenters. The van der Waals surface area contributed by atoms with Crippen molar-refractivity contribution >= 4 is 19.1 Å². The van der Waals surface area contributed by atoms with Crippen LogP contribution in [0.1, 0.15) is 102 Å². The first kappa shape index (κ1) is 34.6. The van der Waals surface area contributed by atoms with E-state index in [4.69, 9.17) is 18.5 Å².